The molecule has 0 saturated carbocycles. The fourth-order valence-corrected chi connectivity index (χ4v) is 2.04. The van der Waals surface area contributed by atoms with Gasteiger partial charge < -0.3 is 14.8 Å². The molecule has 0 saturated heterocycles. The molecule has 0 radical (unpaired) electrons. The Bertz CT molecular complexity index is 611. The second-order valence-electron chi connectivity index (χ2n) is 4.69. The lowest BCUT2D eigenvalue weighted by Gasteiger charge is -2.15. The van der Waals surface area contributed by atoms with E-state index in [2.05, 4.69) is 5.32 Å². The highest BCUT2D eigenvalue weighted by Gasteiger charge is 2.16. The van der Waals surface area contributed by atoms with Gasteiger partial charge in [-0.25, -0.2) is 0 Å². The van der Waals surface area contributed by atoms with E-state index in [4.69, 9.17) is 9.47 Å². The van der Waals surface area contributed by atoms with Gasteiger partial charge in [0.05, 0.1) is 25.8 Å². The summed E-state index contributed by atoms with van der Waals surface area (Å²) < 4.78 is 10.4. The molecule has 0 fully saturated rings. The highest BCUT2D eigenvalue weighted by atomic mass is 16.5. The minimum absolute atomic E-state index is 0.0790. The molecule has 21 heavy (non-hydrogen) atoms. The lowest BCUT2D eigenvalue weighted by atomic mass is 10.0. The molecule has 1 amide bonds. The van der Waals surface area contributed by atoms with Gasteiger partial charge in [-0.1, -0.05) is 30.3 Å². The Balaban J connectivity index is 2.16. The number of carbonyl (C=O) groups is 1. The molecule has 2 aromatic rings. The van der Waals surface area contributed by atoms with E-state index in [1.54, 1.807) is 32.4 Å². The van der Waals surface area contributed by atoms with Crippen LogP contribution >= 0.6 is 0 Å². The number of benzene rings is 2. The van der Waals surface area contributed by atoms with E-state index in [-0.39, 0.29) is 11.8 Å². The lowest BCUT2D eigenvalue weighted by molar-refractivity contribution is -0.117. The summed E-state index contributed by atoms with van der Waals surface area (Å²) in [6.45, 7) is 1.88. The number of anilines is 1. The molecule has 0 aliphatic heterocycles. The minimum Gasteiger partial charge on any atom is -0.497 e. The van der Waals surface area contributed by atoms with Crippen LogP contribution in [0, 0.1) is 0 Å². The monoisotopic (exact) mass is 285 g/mol. The summed E-state index contributed by atoms with van der Waals surface area (Å²) in [6, 6.07) is 15.0. The topological polar surface area (TPSA) is 47.6 Å². The number of hydrogen-bond donors (Lipinski definition) is 1. The highest BCUT2D eigenvalue weighted by Crippen LogP contribution is 2.30. The van der Waals surface area contributed by atoms with Crippen LogP contribution in [-0.2, 0) is 4.79 Å². The first-order valence-corrected chi connectivity index (χ1v) is 6.73. The van der Waals surface area contributed by atoms with Crippen LogP contribution in [0.25, 0.3) is 0 Å². The predicted octanol–water partition coefficient (Wildman–Crippen LogP) is 3.45. The maximum Gasteiger partial charge on any atom is 0.231 e. The first-order valence-electron chi connectivity index (χ1n) is 6.73. The average Bonchev–Trinajstić information content (AvgIpc) is 2.55. The van der Waals surface area contributed by atoms with Crippen molar-refractivity contribution in [3.05, 3.63) is 54.1 Å². The summed E-state index contributed by atoms with van der Waals surface area (Å²) in [5, 5.41) is 2.89. The molecular formula is C17H19NO3. The van der Waals surface area contributed by atoms with E-state index in [0.717, 1.165) is 5.56 Å². The minimum atomic E-state index is -0.238. The fourth-order valence-electron chi connectivity index (χ4n) is 2.04. The Hall–Kier alpha value is -2.49. The van der Waals surface area contributed by atoms with Crippen molar-refractivity contribution in [2.24, 2.45) is 0 Å². The molecule has 2 aromatic carbocycles. The van der Waals surface area contributed by atoms with Crippen LogP contribution in [0.2, 0.25) is 0 Å². The molecule has 0 aliphatic rings. The summed E-state index contributed by atoms with van der Waals surface area (Å²) in [5.74, 6) is 0.937. The summed E-state index contributed by atoms with van der Waals surface area (Å²) >= 11 is 0. The standard InChI is InChI=1S/C17H19NO3/c1-12(13-7-5-4-6-8-13)17(19)18-15-10-9-14(20-2)11-16(15)21-3/h4-12H,1-3H3,(H,18,19)/t12-/m1/s1. The number of nitrogens with one attached hydrogen (secondary N) is 1. The molecule has 0 bridgehead atoms. The highest BCUT2D eigenvalue weighted by molar-refractivity contribution is 5.96. The van der Waals surface area contributed by atoms with Gasteiger partial charge in [-0.2, -0.15) is 0 Å². The van der Waals surface area contributed by atoms with Gasteiger partial charge in [-0.3, -0.25) is 4.79 Å². The second kappa shape index (κ2) is 6.79. The van der Waals surface area contributed by atoms with Gasteiger partial charge in [0.15, 0.2) is 0 Å². The zero-order valence-electron chi connectivity index (χ0n) is 12.4. The van der Waals surface area contributed by atoms with Crippen LogP contribution in [-0.4, -0.2) is 20.1 Å². The number of rotatable bonds is 5. The van der Waals surface area contributed by atoms with E-state index in [1.165, 1.54) is 0 Å². The van der Waals surface area contributed by atoms with Gasteiger partial charge >= 0.3 is 0 Å². The van der Waals surface area contributed by atoms with Crippen LogP contribution < -0.4 is 14.8 Å². The van der Waals surface area contributed by atoms with Gasteiger partial charge in [0.2, 0.25) is 5.91 Å². The number of hydrogen-bond acceptors (Lipinski definition) is 3. The second-order valence-corrected chi connectivity index (χ2v) is 4.69. The van der Waals surface area contributed by atoms with Crippen molar-refractivity contribution in [1.82, 2.24) is 0 Å². The van der Waals surface area contributed by atoms with Crippen molar-refractivity contribution in [2.45, 2.75) is 12.8 Å². The fraction of sp³-hybridized carbons (Fsp3) is 0.235. The Morgan fingerprint density at radius 2 is 1.76 bits per heavy atom. The molecule has 0 heterocycles. The summed E-state index contributed by atoms with van der Waals surface area (Å²) in [7, 11) is 3.15. The largest absolute Gasteiger partial charge is 0.497 e. The Kier molecular flexibility index (Phi) is 4.82. The third-order valence-electron chi connectivity index (χ3n) is 3.36. The van der Waals surface area contributed by atoms with E-state index < -0.39 is 0 Å². The normalized spacial score (nSPS) is 11.6. The SMILES string of the molecule is COc1ccc(NC(=O)[C@H](C)c2ccccc2)c(OC)c1. The number of ether oxygens (including phenoxy) is 2. The molecular weight excluding hydrogens is 266 g/mol. The van der Waals surface area contributed by atoms with Crippen molar-refractivity contribution in [1.29, 1.82) is 0 Å². The van der Waals surface area contributed by atoms with Gasteiger partial charge in [0.25, 0.3) is 0 Å². The summed E-state index contributed by atoms with van der Waals surface area (Å²) in [6.07, 6.45) is 0. The zero-order chi connectivity index (χ0) is 15.2. The molecule has 0 spiro atoms. The maximum atomic E-state index is 12.3. The van der Waals surface area contributed by atoms with Crippen molar-refractivity contribution in [3.8, 4) is 11.5 Å². The Morgan fingerprint density at radius 1 is 1.05 bits per heavy atom. The Morgan fingerprint density at radius 3 is 2.38 bits per heavy atom. The molecule has 0 aliphatic carbocycles. The molecule has 4 nitrogen and oxygen atoms in total. The van der Waals surface area contributed by atoms with E-state index in [1.807, 2.05) is 37.3 Å². The molecule has 0 unspecified atom stereocenters. The summed E-state index contributed by atoms with van der Waals surface area (Å²) in [5.41, 5.74) is 1.61. The van der Waals surface area contributed by atoms with Gasteiger partial charge in [-0.15, -0.1) is 0 Å². The van der Waals surface area contributed by atoms with Crippen molar-refractivity contribution in [3.63, 3.8) is 0 Å². The molecule has 0 aromatic heterocycles. The van der Waals surface area contributed by atoms with Gasteiger partial charge in [0.1, 0.15) is 11.5 Å². The third kappa shape index (κ3) is 3.54. The predicted molar refractivity (Wildman–Crippen MR) is 83.0 cm³/mol. The zero-order valence-corrected chi connectivity index (χ0v) is 12.4. The molecule has 4 heteroatoms. The van der Waals surface area contributed by atoms with Crippen molar-refractivity contribution < 1.29 is 14.3 Å². The lowest BCUT2D eigenvalue weighted by Crippen LogP contribution is -2.19. The maximum absolute atomic E-state index is 12.3. The average molecular weight is 285 g/mol. The quantitative estimate of drug-likeness (QED) is 0.915. The van der Waals surface area contributed by atoms with Gasteiger partial charge in [0, 0.05) is 6.07 Å². The first-order chi connectivity index (χ1) is 10.2. The van der Waals surface area contributed by atoms with Crippen molar-refractivity contribution >= 4 is 11.6 Å². The first kappa shape index (κ1) is 14.9. The van der Waals surface area contributed by atoms with E-state index in [9.17, 15) is 4.79 Å². The van der Waals surface area contributed by atoms with Crippen LogP contribution in [0.1, 0.15) is 18.4 Å². The van der Waals surface area contributed by atoms with Crippen LogP contribution in [0.4, 0.5) is 5.69 Å². The summed E-state index contributed by atoms with van der Waals surface area (Å²) in [4.78, 5) is 12.3. The number of carbonyl (C=O) groups excluding carboxylic acids is 1. The molecule has 110 valence electrons. The van der Waals surface area contributed by atoms with Crippen LogP contribution in [0.5, 0.6) is 11.5 Å². The Labute approximate surface area is 124 Å². The third-order valence-corrected chi connectivity index (χ3v) is 3.36. The number of amides is 1. The van der Waals surface area contributed by atoms with Crippen LogP contribution in [0.15, 0.2) is 48.5 Å². The van der Waals surface area contributed by atoms with Crippen LogP contribution in [0.3, 0.4) is 0 Å². The van der Waals surface area contributed by atoms with E-state index >= 15 is 0 Å². The van der Waals surface area contributed by atoms with E-state index in [0.29, 0.717) is 17.2 Å². The molecule has 1 atom stereocenters. The smallest absolute Gasteiger partial charge is 0.231 e. The molecule has 1 N–H and O–H groups in total. The van der Waals surface area contributed by atoms with Crippen molar-refractivity contribution in [2.75, 3.05) is 19.5 Å². The molecule has 2 rings (SSSR count). The number of methoxy groups -OCH3 is 2. The van der Waals surface area contributed by atoms with Gasteiger partial charge in [-0.05, 0) is 24.6 Å².